The largest absolute Gasteiger partial charge is 0.452 e. The van der Waals surface area contributed by atoms with Crippen molar-refractivity contribution in [2.24, 2.45) is 0 Å². The number of ether oxygens (including phenoxy) is 1. The summed E-state index contributed by atoms with van der Waals surface area (Å²) in [4.78, 5) is 32.2. The number of aromatic nitrogens is 1. The van der Waals surface area contributed by atoms with E-state index >= 15 is 0 Å². The van der Waals surface area contributed by atoms with E-state index in [0.29, 0.717) is 34.3 Å². The molecule has 1 aliphatic heterocycles. The van der Waals surface area contributed by atoms with Gasteiger partial charge >= 0.3 is 5.97 Å². The molecule has 0 bridgehead atoms. The van der Waals surface area contributed by atoms with Gasteiger partial charge in [0.25, 0.3) is 5.91 Å². The van der Waals surface area contributed by atoms with Crippen molar-refractivity contribution in [3.63, 3.8) is 0 Å². The second kappa shape index (κ2) is 8.82. The van der Waals surface area contributed by atoms with Gasteiger partial charge in [-0.05, 0) is 60.9 Å². The Morgan fingerprint density at radius 2 is 1.73 bits per heavy atom. The number of fused-ring (bicyclic) bond motifs is 2. The van der Waals surface area contributed by atoms with Gasteiger partial charge in [-0.1, -0.05) is 36.4 Å². The van der Waals surface area contributed by atoms with Gasteiger partial charge in [0.1, 0.15) is 5.82 Å². The molecule has 0 saturated heterocycles. The molecule has 1 amide bonds. The zero-order valence-electron chi connectivity index (χ0n) is 17.8. The highest BCUT2D eigenvalue weighted by Crippen LogP contribution is 2.28. The lowest BCUT2D eigenvalue weighted by molar-refractivity contribution is -0.121. The van der Waals surface area contributed by atoms with Crippen molar-refractivity contribution in [1.82, 2.24) is 4.98 Å². The summed E-state index contributed by atoms with van der Waals surface area (Å²) in [6.45, 7) is 0.246. The normalized spacial score (nSPS) is 12.9. The van der Waals surface area contributed by atoms with Gasteiger partial charge in [0, 0.05) is 23.2 Å². The van der Waals surface area contributed by atoms with Crippen molar-refractivity contribution in [2.75, 3.05) is 18.1 Å². The summed E-state index contributed by atoms with van der Waals surface area (Å²) >= 11 is 0. The molecule has 5 rings (SSSR count). The number of aryl methyl sites for hydroxylation is 1. The molecule has 33 heavy (non-hydrogen) atoms. The summed E-state index contributed by atoms with van der Waals surface area (Å²) in [7, 11) is 0. The average molecular weight is 440 g/mol. The smallest absolute Gasteiger partial charge is 0.339 e. The number of rotatable bonds is 4. The number of benzene rings is 3. The summed E-state index contributed by atoms with van der Waals surface area (Å²) in [5, 5.41) is 0.629. The molecule has 164 valence electrons. The first-order valence-electron chi connectivity index (χ1n) is 10.8. The van der Waals surface area contributed by atoms with Crippen LogP contribution in [0.1, 0.15) is 22.3 Å². The van der Waals surface area contributed by atoms with Crippen molar-refractivity contribution >= 4 is 28.5 Å². The lowest BCUT2D eigenvalue weighted by Gasteiger charge is -2.29. The zero-order chi connectivity index (χ0) is 22.8. The first kappa shape index (κ1) is 20.8. The van der Waals surface area contributed by atoms with E-state index in [-0.39, 0.29) is 18.3 Å². The van der Waals surface area contributed by atoms with Gasteiger partial charge in [-0.3, -0.25) is 4.79 Å². The van der Waals surface area contributed by atoms with E-state index in [0.717, 1.165) is 24.1 Å². The number of hydrogen-bond acceptors (Lipinski definition) is 4. The number of carbonyl (C=O) groups is 2. The first-order chi connectivity index (χ1) is 16.1. The highest BCUT2D eigenvalue weighted by molar-refractivity contribution is 6.05. The number of nitrogens with zero attached hydrogens (tertiary/aromatic N) is 2. The Morgan fingerprint density at radius 1 is 0.970 bits per heavy atom. The van der Waals surface area contributed by atoms with E-state index in [9.17, 15) is 14.0 Å². The molecule has 5 nitrogen and oxygen atoms in total. The highest BCUT2D eigenvalue weighted by atomic mass is 19.1. The van der Waals surface area contributed by atoms with Gasteiger partial charge in [-0.25, -0.2) is 14.2 Å². The number of amides is 1. The minimum absolute atomic E-state index is 0.257. The van der Waals surface area contributed by atoms with Gasteiger partial charge in [0.2, 0.25) is 0 Å². The van der Waals surface area contributed by atoms with Crippen LogP contribution in [0.25, 0.3) is 22.2 Å². The Hall–Kier alpha value is -4.06. The highest BCUT2D eigenvalue weighted by Gasteiger charge is 2.24. The third kappa shape index (κ3) is 4.20. The number of esters is 1. The molecule has 0 aliphatic carbocycles. The Morgan fingerprint density at radius 3 is 2.58 bits per heavy atom. The SMILES string of the molecule is O=C(OCC(=O)N1CCCc2ccccc21)c1cc(-c2ccc(F)cc2)nc2ccccc12. The van der Waals surface area contributed by atoms with Crippen LogP contribution >= 0.6 is 0 Å². The maximum Gasteiger partial charge on any atom is 0.339 e. The van der Waals surface area contributed by atoms with Gasteiger partial charge in [-0.15, -0.1) is 0 Å². The number of carbonyl (C=O) groups excluding carboxylic acids is 2. The number of para-hydroxylation sites is 2. The van der Waals surface area contributed by atoms with Crippen molar-refractivity contribution < 1.29 is 18.7 Å². The van der Waals surface area contributed by atoms with E-state index in [1.165, 1.54) is 12.1 Å². The maximum absolute atomic E-state index is 13.4. The fraction of sp³-hybridized carbons (Fsp3) is 0.148. The molecule has 0 radical (unpaired) electrons. The van der Waals surface area contributed by atoms with E-state index in [1.54, 1.807) is 35.2 Å². The Kier molecular flexibility index (Phi) is 5.57. The van der Waals surface area contributed by atoms with Gasteiger partial charge < -0.3 is 9.64 Å². The Bertz CT molecular complexity index is 1350. The molecule has 6 heteroatoms. The number of halogens is 1. The second-order valence-electron chi connectivity index (χ2n) is 7.93. The Labute approximate surface area is 190 Å². The maximum atomic E-state index is 13.4. The van der Waals surface area contributed by atoms with Crippen LogP contribution in [0.4, 0.5) is 10.1 Å². The molecule has 0 fully saturated rings. The molecule has 0 spiro atoms. The van der Waals surface area contributed by atoms with Crippen LogP contribution in [0.15, 0.2) is 78.9 Å². The molecular weight excluding hydrogens is 419 g/mol. The first-order valence-corrected chi connectivity index (χ1v) is 10.8. The monoisotopic (exact) mass is 440 g/mol. The van der Waals surface area contributed by atoms with Crippen molar-refractivity contribution in [3.8, 4) is 11.3 Å². The lowest BCUT2D eigenvalue weighted by Crippen LogP contribution is -2.38. The standard InChI is InChI=1S/C27H21FN2O3/c28-20-13-11-18(12-14-20)24-16-22(21-8-2-3-9-23(21)29-24)27(32)33-17-26(31)30-15-5-7-19-6-1-4-10-25(19)30/h1-4,6,8-14,16H,5,7,15,17H2. The van der Waals surface area contributed by atoms with E-state index in [4.69, 9.17) is 4.74 Å². The minimum atomic E-state index is -0.601. The minimum Gasteiger partial charge on any atom is -0.452 e. The quantitative estimate of drug-likeness (QED) is 0.411. The topological polar surface area (TPSA) is 59.5 Å². The number of hydrogen-bond donors (Lipinski definition) is 0. The van der Waals surface area contributed by atoms with E-state index in [1.807, 2.05) is 36.4 Å². The van der Waals surface area contributed by atoms with E-state index < -0.39 is 5.97 Å². The van der Waals surface area contributed by atoms with Crippen LogP contribution in [-0.4, -0.2) is 30.0 Å². The third-order valence-electron chi connectivity index (χ3n) is 5.81. The molecule has 0 saturated carbocycles. The lowest BCUT2D eigenvalue weighted by atomic mass is 10.0. The summed E-state index contributed by atoms with van der Waals surface area (Å²) in [5.74, 6) is -1.21. The van der Waals surface area contributed by atoms with Crippen LogP contribution in [0, 0.1) is 5.82 Å². The van der Waals surface area contributed by atoms with Gasteiger partial charge in [-0.2, -0.15) is 0 Å². The van der Waals surface area contributed by atoms with Crippen LogP contribution in [0.5, 0.6) is 0 Å². The predicted molar refractivity (Wildman–Crippen MR) is 125 cm³/mol. The molecule has 0 N–H and O–H groups in total. The summed E-state index contributed by atoms with van der Waals surface area (Å²) in [5.41, 5.74) is 4.12. The molecular formula is C27H21FN2O3. The van der Waals surface area contributed by atoms with Gasteiger partial charge in [0.05, 0.1) is 16.8 Å². The van der Waals surface area contributed by atoms with Crippen LogP contribution in [-0.2, 0) is 16.0 Å². The van der Waals surface area contributed by atoms with Crippen LogP contribution in [0.2, 0.25) is 0 Å². The molecule has 2 heterocycles. The van der Waals surface area contributed by atoms with Crippen molar-refractivity contribution in [3.05, 3.63) is 95.8 Å². The average Bonchev–Trinajstić information content (AvgIpc) is 2.86. The Balaban J connectivity index is 1.40. The molecule has 3 aromatic carbocycles. The second-order valence-corrected chi connectivity index (χ2v) is 7.93. The molecule has 4 aromatic rings. The molecule has 0 unspecified atom stereocenters. The summed E-state index contributed by atoms with van der Waals surface area (Å²) in [6.07, 6.45) is 1.79. The third-order valence-corrected chi connectivity index (χ3v) is 5.81. The van der Waals surface area contributed by atoms with Crippen LogP contribution < -0.4 is 4.90 Å². The summed E-state index contributed by atoms with van der Waals surface area (Å²) < 4.78 is 18.8. The number of anilines is 1. The fourth-order valence-corrected chi connectivity index (χ4v) is 4.19. The number of pyridine rings is 1. The summed E-state index contributed by atoms with van der Waals surface area (Å²) in [6, 6.07) is 22.6. The van der Waals surface area contributed by atoms with Crippen molar-refractivity contribution in [2.45, 2.75) is 12.8 Å². The predicted octanol–water partition coefficient (Wildman–Crippen LogP) is 5.18. The molecule has 1 aromatic heterocycles. The molecule has 0 atom stereocenters. The van der Waals surface area contributed by atoms with Gasteiger partial charge in [0.15, 0.2) is 6.61 Å². The fourth-order valence-electron chi connectivity index (χ4n) is 4.19. The molecule has 1 aliphatic rings. The van der Waals surface area contributed by atoms with E-state index in [2.05, 4.69) is 4.98 Å². The zero-order valence-corrected chi connectivity index (χ0v) is 17.8. The van der Waals surface area contributed by atoms with Crippen molar-refractivity contribution in [1.29, 1.82) is 0 Å². The van der Waals surface area contributed by atoms with Crippen LogP contribution in [0.3, 0.4) is 0 Å².